The van der Waals surface area contributed by atoms with Gasteiger partial charge in [0.25, 0.3) is 5.91 Å². The van der Waals surface area contributed by atoms with Crippen molar-refractivity contribution in [3.8, 4) is 0 Å². The van der Waals surface area contributed by atoms with E-state index in [0.717, 1.165) is 0 Å². The van der Waals surface area contributed by atoms with Crippen LogP contribution in [0.2, 0.25) is 5.15 Å². The van der Waals surface area contributed by atoms with Gasteiger partial charge in [0.05, 0.1) is 11.1 Å². The predicted octanol–water partition coefficient (Wildman–Crippen LogP) is 2.93. The Morgan fingerprint density at radius 2 is 1.85 bits per heavy atom. The van der Waals surface area contributed by atoms with Crippen molar-refractivity contribution in [2.24, 2.45) is 0 Å². The van der Waals surface area contributed by atoms with E-state index in [1.807, 2.05) is 0 Å². The molecule has 0 aliphatic carbocycles. The van der Waals surface area contributed by atoms with Gasteiger partial charge in [0.2, 0.25) is 0 Å². The highest BCUT2D eigenvalue weighted by atomic mass is 35.5. The van der Waals surface area contributed by atoms with Crippen LogP contribution in [-0.4, -0.2) is 20.9 Å². The Morgan fingerprint density at radius 1 is 1.05 bits per heavy atom. The third-order valence-electron chi connectivity index (χ3n) is 2.70. The van der Waals surface area contributed by atoms with Gasteiger partial charge in [-0.3, -0.25) is 14.8 Å². The number of nitrogens with one attached hydrogen (secondary N) is 1. The highest BCUT2D eigenvalue weighted by Gasteiger charge is 2.12. The molecule has 0 bridgehead atoms. The second kappa shape index (κ2) is 5.22. The molecule has 3 rings (SSSR count). The maximum Gasteiger partial charge on any atom is 0.259 e. The van der Waals surface area contributed by atoms with Gasteiger partial charge >= 0.3 is 0 Å². The average Bonchev–Trinajstić information content (AvgIpc) is 2.46. The zero-order valence-corrected chi connectivity index (χ0v) is 11.0. The second-order valence-electron chi connectivity index (χ2n) is 4.03. The number of hydrogen-bond donors (Lipinski definition) is 1. The standard InChI is InChI=1S/C14H9ClN4O/c15-11-5-2-6-12(18-11)19-14(20)9-3-1-4-10-13(9)17-8-7-16-10/h1-8H,(H,18,19,20). The van der Waals surface area contributed by atoms with Crippen molar-refractivity contribution in [1.29, 1.82) is 0 Å². The molecule has 0 unspecified atom stereocenters. The van der Waals surface area contributed by atoms with Gasteiger partial charge in [-0.2, -0.15) is 0 Å². The van der Waals surface area contributed by atoms with Gasteiger partial charge in [-0.25, -0.2) is 4.98 Å². The fourth-order valence-corrected chi connectivity index (χ4v) is 2.00. The van der Waals surface area contributed by atoms with E-state index >= 15 is 0 Å². The van der Waals surface area contributed by atoms with Crippen molar-refractivity contribution in [3.05, 3.63) is 59.5 Å². The molecule has 6 heteroatoms. The number of fused-ring (bicyclic) bond motifs is 1. The summed E-state index contributed by atoms with van der Waals surface area (Å²) >= 11 is 5.78. The zero-order chi connectivity index (χ0) is 13.9. The fraction of sp³-hybridized carbons (Fsp3) is 0. The van der Waals surface area contributed by atoms with Crippen LogP contribution in [0.1, 0.15) is 10.4 Å². The molecule has 20 heavy (non-hydrogen) atoms. The molecule has 2 aromatic heterocycles. The topological polar surface area (TPSA) is 67.8 Å². The van der Waals surface area contributed by atoms with Crippen molar-refractivity contribution in [1.82, 2.24) is 15.0 Å². The number of pyridine rings is 1. The first-order chi connectivity index (χ1) is 9.74. The highest BCUT2D eigenvalue weighted by molar-refractivity contribution is 6.29. The molecular formula is C14H9ClN4O. The number of benzene rings is 1. The lowest BCUT2D eigenvalue weighted by Gasteiger charge is -2.06. The number of carbonyl (C=O) groups excluding carboxylic acids is 1. The Labute approximate surface area is 119 Å². The molecule has 5 nitrogen and oxygen atoms in total. The van der Waals surface area contributed by atoms with Crippen LogP contribution < -0.4 is 5.32 Å². The lowest BCUT2D eigenvalue weighted by molar-refractivity contribution is 0.102. The van der Waals surface area contributed by atoms with Crippen molar-refractivity contribution in [3.63, 3.8) is 0 Å². The monoisotopic (exact) mass is 284 g/mol. The Morgan fingerprint density at radius 3 is 2.70 bits per heavy atom. The molecule has 0 aliphatic heterocycles. The molecule has 0 radical (unpaired) electrons. The number of amides is 1. The summed E-state index contributed by atoms with van der Waals surface area (Å²) in [6, 6.07) is 10.3. The number of aromatic nitrogens is 3. The normalized spacial score (nSPS) is 10.4. The molecule has 1 amide bonds. The van der Waals surface area contributed by atoms with Crippen molar-refractivity contribution in [2.45, 2.75) is 0 Å². The quantitative estimate of drug-likeness (QED) is 0.735. The second-order valence-corrected chi connectivity index (χ2v) is 4.42. The van der Waals surface area contributed by atoms with E-state index in [-0.39, 0.29) is 5.91 Å². The maximum absolute atomic E-state index is 12.3. The number of carbonyl (C=O) groups is 1. The number of halogens is 1. The molecule has 0 spiro atoms. The van der Waals surface area contributed by atoms with E-state index in [4.69, 9.17) is 11.6 Å². The van der Waals surface area contributed by atoms with E-state index < -0.39 is 0 Å². The van der Waals surface area contributed by atoms with Gasteiger partial charge in [0, 0.05) is 12.4 Å². The summed E-state index contributed by atoms with van der Waals surface area (Å²) in [6.07, 6.45) is 3.14. The molecule has 0 saturated heterocycles. The predicted molar refractivity (Wildman–Crippen MR) is 76.7 cm³/mol. The molecule has 1 N–H and O–H groups in total. The lowest BCUT2D eigenvalue weighted by Crippen LogP contribution is -2.13. The summed E-state index contributed by atoms with van der Waals surface area (Å²) in [4.78, 5) is 24.7. The third kappa shape index (κ3) is 2.44. The smallest absolute Gasteiger partial charge is 0.259 e. The zero-order valence-electron chi connectivity index (χ0n) is 10.2. The highest BCUT2D eigenvalue weighted by Crippen LogP contribution is 2.16. The van der Waals surface area contributed by atoms with Crippen LogP contribution in [0.15, 0.2) is 48.8 Å². The minimum Gasteiger partial charge on any atom is -0.306 e. The van der Waals surface area contributed by atoms with Gasteiger partial charge in [-0.15, -0.1) is 0 Å². The summed E-state index contributed by atoms with van der Waals surface area (Å²) in [5.41, 5.74) is 1.66. The molecule has 0 saturated carbocycles. The Hall–Kier alpha value is -2.53. The molecule has 1 aromatic carbocycles. The Kier molecular flexibility index (Phi) is 3.26. The largest absolute Gasteiger partial charge is 0.306 e. The van der Waals surface area contributed by atoms with E-state index in [0.29, 0.717) is 27.6 Å². The van der Waals surface area contributed by atoms with Crippen molar-refractivity contribution < 1.29 is 4.79 Å². The van der Waals surface area contributed by atoms with Gasteiger partial charge in [0.15, 0.2) is 0 Å². The molecule has 0 atom stereocenters. The summed E-state index contributed by atoms with van der Waals surface area (Å²) in [7, 11) is 0. The lowest BCUT2D eigenvalue weighted by atomic mass is 10.1. The summed E-state index contributed by atoms with van der Waals surface area (Å²) in [5.74, 6) is 0.0919. The van der Waals surface area contributed by atoms with Crippen molar-refractivity contribution in [2.75, 3.05) is 5.32 Å². The first kappa shape index (κ1) is 12.5. The SMILES string of the molecule is O=C(Nc1cccc(Cl)n1)c1cccc2nccnc12. The van der Waals surface area contributed by atoms with Crippen LogP contribution in [0.3, 0.4) is 0 Å². The van der Waals surface area contributed by atoms with Crippen molar-refractivity contribution >= 4 is 34.4 Å². The van der Waals surface area contributed by atoms with Crippen LogP contribution in [0.5, 0.6) is 0 Å². The molecule has 0 fully saturated rings. The van der Waals surface area contributed by atoms with Gasteiger partial charge in [-0.05, 0) is 24.3 Å². The average molecular weight is 285 g/mol. The third-order valence-corrected chi connectivity index (χ3v) is 2.91. The summed E-state index contributed by atoms with van der Waals surface area (Å²) in [5, 5.41) is 3.01. The summed E-state index contributed by atoms with van der Waals surface area (Å²) < 4.78 is 0. The number of para-hydroxylation sites is 1. The Bertz CT molecular complexity index is 785. The molecule has 0 aliphatic rings. The molecule has 3 aromatic rings. The Balaban J connectivity index is 1.97. The molecule has 98 valence electrons. The number of hydrogen-bond acceptors (Lipinski definition) is 4. The van der Waals surface area contributed by atoms with Gasteiger partial charge < -0.3 is 5.32 Å². The first-order valence-electron chi connectivity index (χ1n) is 5.88. The van der Waals surface area contributed by atoms with Crippen LogP contribution in [0.4, 0.5) is 5.82 Å². The van der Waals surface area contributed by atoms with Gasteiger partial charge in [-0.1, -0.05) is 23.7 Å². The number of nitrogens with zero attached hydrogens (tertiary/aromatic N) is 3. The molecule has 2 heterocycles. The van der Waals surface area contributed by atoms with Crippen LogP contribution in [0.25, 0.3) is 11.0 Å². The fourth-order valence-electron chi connectivity index (χ4n) is 1.84. The van der Waals surface area contributed by atoms with E-state index in [2.05, 4.69) is 20.3 Å². The van der Waals surface area contributed by atoms with E-state index in [1.165, 1.54) is 0 Å². The maximum atomic E-state index is 12.3. The van der Waals surface area contributed by atoms with E-state index in [1.54, 1.807) is 48.8 Å². The minimum absolute atomic E-state index is 0.300. The molecular weight excluding hydrogens is 276 g/mol. The van der Waals surface area contributed by atoms with E-state index in [9.17, 15) is 4.79 Å². The van der Waals surface area contributed by atoms with Crippen LogP contribution in [0, 0.1) is 0 Å². The minimum atomic E-state index is -0.300. The number of rotatable bonds is 2. The van der Waals surface area contributed by atoms with Crippen LogP contribution >= 0.6 is 11.6 Å². The van der Waals surface area contributed by atoms with Crippen LogP contribution in [-0.2, 0) is 0 Å². The number of anilines is 1. The first-order valence-corrected chi connectivity index (χ1v) is 6.25. The van der Waals surface area contributed by atoms with Gasteiger partial charge in [0.1, 0.15) is 16.5 Å². The summed E-state index contributed by atoms with van der Waals surface area (Å²) in [6.45, 7) is 0.